The number of aromatic amines is 1. The summed E-state index contributed by atoms with van der Waals surface area (Å²) in [5.74, 6) is 0.199. The van der Waals surface area contributed by atoms with Crippen molar-refractivity contribution in [2.75, 3.05) is 39.3 Å². The van der Waals surface area contributed by atoms with Crippen LogP contribution in [0, 0.1) is 0 Å². The lowest BCUT2D eigenvalue weighted by Gasteiger charge is -2.41. The number of ether oxygens (including phenoxy) is 1. The van der Waals surface area contributed by atoms with Crippen LogP contribution in [-0.4, -0.2) is 72.2 Å². The number of nitrogens with zero attached hydrogens (tertiary/aromatic N) is 2. The van der Waals surface area contributed by atoms with Gasteiger partial charge in [0.25, 0.3) is 0 Å². The SMILES string of the molecule is CC1CN(C(C(=O)N2CCNCC2)c2ccc[nH]2)CC(C)O1. The number of amides is 1. The second-order valence-electron chi connectivity index (χ2n) is 6.31. The van der Waals surface area contributed by atoms with Gasteiger partial charge in [-0.25, -0.2) is 0 Å². The van der Waals surface area contributed by atoms with Crippen LogP contribution in [0.4, 0.5) is 0 Å². The smallest absolute Gasteiger partial charge is 0.246 e. The third-order valence-electron chi connectivity index (χ3n) is 4.39. The van der Waals surface area contributed by atoms with E-state index in [-0.39, 0.29) is 24.2 Å². The van der Waals surface area contributed by atoms with E-state index in [4.69, 9.17) is 4.74 Å². The normalized spacial score (nSPS) is 28.5. The molecule has 0 spiro atoms. The summed E-state index contributed by atoms with van der Waals surface area (Å²) in [6.07, 6.45) is 2.19. The number of hydrogen-bond donors (Lipinski definition) is 2. The molecule has 2 aliphatic rings. The van der Waals surface area contributed by atoms with Gasteiger partial charge >= 0.3 is 0 Å². The third kappa shape index (κ3) is 3.34. The lowest BCUT2D eigenvalue weighted by molar-refractivity contribution is -0.144. The van der Waals surface area contributed by atoms with Crippen LogP contribution in [0.25, 0.3) is 0 Å². The van der Waals surface area contributed by atoms with Crippen molar-refractivity contribution in [1.29, 1.82) is 0 Å². The van der Waals surface area contributed by atoms with Crippen LogP contribution in [-0.2, 0) is 9.53 Å². The van der Waals surface area contributed by atoms with Crippen LogP contribution in [0.15, 0.2) is 18.3 Å². The maximum Gasteiger partial charge on any atom is 0.246 e. The number of carbonyl (C=O) groups excluding carboxylic acids is 1. The minimum Gasteiger partial charge on any atom is -0.373 e. The molecule has 1 amide bonds. The minimum atomic E-state index is -0.234. The van der Waals surface area contributed by atoms with Gasteiger partial charge in [-0.1, -0.05) is 0 Å². The number of rotatable bonds is 3. The van der Waals surface area contributed by atoms with Gasteiger partial charge in [0.15, 0.2) is 0 Å². The molecule has 3 heterocycles. The first-order chi connectivity index (χ1) is 10.6. The highest BCUT2D eigenvalue weighted by atomic mass is 16.5. The largest absolute Gasteiger partial charge is 0.373 e. The second-order valence-corrected chi connectivity index (χ2v) is 6.31. The maximum atomic E-state index is 13.1. The first-order valence-electron chi connectivity index (χ1n) is 8.17. The standard InChI is InChI=1S/C16H26N4O2/c1-12-10-20(11-13(2)22-12)15(14-4-3-5-18-14)16(21)19-8-6-17-7-9-19/h3-5,12-13,15,17-18H,6-11H2,1-2H3. The lowest BCUT2D eigenvalue weighted by atomic mass is 10.1. The van der Waals surface area contributed by atoms with Gasteiger partial charge in [0.2, 0.25) is 5.91 Å². The lowest BCUT2D eigenvalue weighted by Crippen LogP contribution is -2.54. The Morgan fingerprint density at radius 1 is 1.27 bits per heavy atom. The van der Waals surface area contributed by atoms with Crippen LogP contribution in [0.5, 0.6) is 0 Å². The van der Waals surface area contributed by atoms with E-state index in [1.54, 1.807) is 0 Å². The predicted molar refractivity (Wildman–Crippen MR) is 84.6 cm³/mol. The molecular weight excluding hydrogens is 280 g/mol. The highest BCUT2D eigenvalue weighted by Gasteiger charge is 2.36. The van der Waals surface area contributed by atoms with Crippen LogP contribution < -0.4 is 5.32 Å². The molecule has 3 rings (SSSR count). The molecule has 3 atom stereocenters. The van der Waals surface area contributed by atoms with E-state index in [9.17, 15) is 4.79 Å². The van der Waals surface area contributed by atoms with Gasteiger partial charge in [-0.3, -0.25) is 9.69 Å². The molecule has 0 aromatic carbocycles. The van der Waals surface area contributed by atoms with Crippen molar-refractivity contribution in [3.63, 3.8) is 0 Å². The van der Waals surface area contributed by atoms with Gasteiger partial charge < -0.3 is 19.9 Å². The van der Waals surface area contributed by atoms with E-state index in [0.29, 0.717) is 0 Å². The number of hydrogen-bond acceptors (Lipinski definition) is 4. The summed E-state index contributed by atoms with van der Waals surface area (Å²) in [6, 6.07) is 3.73. The number of morpholine rings is 1. The second kappa shape index (κ2) is 6.81. The molecule has 0 aliphatic carbocycles. The van der Waals surface area contributed by atoms with Crippen LogP contribution in [0.3, 0.4) is 0 Å². The molecule has 2 N–H and O–H groups in total. The van der Waals surface area contributed by atoms with E-state index in [0.717, 1.165) is 45.0 Å². The summed E-state index contributed by atoms with van der Waals surface area (Å²) in [7, 11) is 0. The Morgan fingerprint density at radius 3 is 2.55 bits per heavy atom. The molecule has 6 nitrogen and oxygen atoms in total. The molecule has 2 aliphatic heterocycles. The number of piperazine rings is 1. The zero-order valence-electron chi connectivity index (χ0n) is 13.4. The van der Waals surface area contributed by atoms with Crippen molar-refractivity contribution in [2.24, 2.45) is 0 Å². The van der Waals surface area contributed by atoms with Gasteiger partial charge in [0.05, 0.1) is 12.2 Å². The molecule has 2 saturated heterocycles. The molecule has 1 aromatic heterocycles. The average molecular weight is 306 g/mol. The van der Waals surface area contributed by atoms with Crippen molar-refractivity contribution in [1.82, 2.24) is 20.1 Å². The van der Waals surface area contributed by atoms with E-state index < -0.39 is 0 Å². The first kappa shape index (κ1) is 15.5. The first-order valence-corrected chi connectivity index (χ1v) is 8.17. The topological polar surface area (TPSA) is 60.6 Å². The monoisotopic (exact) mass is 306 g/mol. The fourth-order valence-electron chi connectivity index (χ4n) is 3.49. The van der Waals surface area contributed by atoms with Crippen molar-refractivity contribution in [3.05, 3.63) is 24.0 Å². The van der Waals surface area contributed by atoms with Crippen molar-refractivity contribution in [2.45, 2.75) is 32.1 Å². The summed E-state index contributed by atoms with van der Waals surface area (Å²) in [4.78, 5) is 20.6. The van der Waals surface area contributed by atoms with E-state index in [1.807, 2.05) is 23.2 Å². The van der Waals surface area contributed by atoms with E-state index in [2.05, 4.69) is 29.0 Å². The molecular formula is C16H26N4O2. The zero-order valence-corrected chi connectivity index (χ0v) is 13.4. The van der Waals surface area contributed by atoms with Crippen LogP contribution in [0.1, 0.15) is 25.6 Å². The summed E-state index contributed by atoms with van der Waals surface area (Å²) < 4.78 is 5.82. The molecule has 1 aromatic rings. The molecule has 6 heteroatoms. The van der Waals surface area contributed by atoms with Crippen LogP contribution >= 0.6 is 0 Å². The Hall–Kier alpha value is -1.37. The zero-order chi connectivity index (χ0) is 15.5. The summed E-state index contributed by atoms with van der Waals surface area (Å²) in [6.45, 7) is 9.03. The summed E-state index contributed by atoms with van der Waals surface area (Å²) >= 11 is 0. The fraction of sp³-hybridized carbons (Fsp3) is 0.688. The predicted octanol–water partition coefficient (Wildman–Crippen LogP) is 0.597. The highest BCUT2D eigenvalue weighted by molar-refractivity contribution is 5.83. The maximum absolute atomic E-state index is 13.1. The molecule has 122 valence electrons. The summed E-state index contributed by atoms with van der Waals surface area (Å²) in [5, 5.41) is 3.30. The Morgan fingerprint density at radius 2 is 1.95 bits per heavy atom. The Bertz CT molecular complexity index is 474. The molecule has 0 bridgehead atoms. The summed E-state index contributed by atoms with van der Waals surface area (Å²) in [5.41, 5.74) is 0.977. The van der Waals surface area contributed by atoms with Crippen LogP contribution in [0.2, 0.25) is 0 Å². The van der Waals surface area contributed by atoms with E-state index >= 15 is 0 Å². The number of nitrogens with one attached hydrogen (secondary N) is 2. The molecule has 2 fully saturated rings. The van der Waals surface area contributed by atoms with E-state index in [1.165, 1.54) is 0 Å². The number of H-pyrrole nitrogens is 1. The molecule has 3 unspecified atom stereocenters. The highest BCUT2D eigenvalue weighted by Crippen LogP contribution is 2.26. The van der Waals surface area contributed by atoms with Gasteiger partial charge in [-0.15, -0.1) is 0 Å². The van der Waals surface area contributed by atoms with Gasteiger partial charge in [-0.05, 0) is 26.0 Å². The van der Waals surface area contributed by atoms with Crippen molar-refractivity contribution >= 4 is 5.91 Å². The Labute approximate surface area is 131 Å². The average Bonchev–Trinajstić information content (AvgIpc) is 3.01. The Kier molecular flexibility index (Phi) is 4.81. The number of carbonyl (C=O) groups is 1. The minimum absolute atomic E-state index is 0.150. The van der Waals surface area contributed by atoms with Crippen molar-refractivity contribution in [3.8, 4) is 0 Å². The quantitative estimate of drug-likeness (QED) is 0.858. The van der Waals surface area contributed by atoms with Gasteiger partial charge in [0.1, 0.15) is 6.04 Å². The third-order valence-corrected chi connectivity index (χ3v) is 4.39. The fourth-order valence-corrected chi connectivity index (χ4v) is 3.49. The van der Waals surface area contributed by atoms with Gasteiger partial charge in [0, 0.05) is 51.2 Å². The van der Waals surface area contributed by atoms with Gasteiger partial charge in [-0.2, -0.15) is 0 Å². The molecule has 0 radical (unpaired) electrons. The molecule has 22 heavy (non-hydrogen) atoms. The number of aromatic nitrogens is 1. The molecule has 0 saturated carbocycles. The van der Waals surface area contributed by atoms with Crippen molar-refractivity contribution < 1.29 is 9.53 Å². The Balaban J connectivity index is 1.82.